The second-order valence-electron chi connectivity index (χ2n) is 4.60. The molecule has 0 atom stereocenters. The number of hydrogen-bond donors (Lipinski definition) is 1. The lowest BCUT2D eigenvalue weighted by Gasteiger charge is -2.39. The van der Waals surface area contributed by atoms with Crippen molar-refractivity contribution in [3.8, 4) is 0 Å². The highest BCUT2D eigenvalue weighted by Crippen LogP contribution is 2.31. The lowest BCUT2D eigenvalue weighted by molar-refractivity contribution is 0.0621. The van der Waals surface area contributed by atoms with Crippen molar-refractivity contribution in [3.63, 3.8) is 0 Å². The maximum absolute atomic E-state index is 11.8. The Bertz CT molecular complexity index is 223. The highest BCUT2D eigenvalue weighted by atomic mass is 16.6. The molecule has 0 radical (unpaired) electrons. The van der Waals surface area contributed by atoms with Gasteiger partial charge in [-0.15, -0.1) is 0 Å². The zero-order chi connectivity index (χ0) is 12.0. The topological polar surface area (TPSA) is 55.6 Å². The second kappa shape index (κ2) is 6.09. The van der Waals surface area contributed by atoms with Crippen LogP contribution in [0.2, 0.25) is 0 Å². The summed E-state index contributed by atoms with van der Waals surface area (Å²) in [7, 11) is 1.82. The van der Waals surface area contributed by atoms with Crippen molar-refractivity contribution in [3.05, 3.63) is 0 Å². The van der Waals surface area contributed by atoms with Gasteiger partial charge in [0.1, 0.15) is 0 Å². The third kappa shape index (κ3) is 2.88. The first-order valence-electron chi connectivity index (χ1n) is 6.27. The fourth-order valence-electron chi connectivity index (χ4n) is 2.48. The second-order valence-corrected chi connectivity index (χ2v) is 4.60. The van der Waals surface area contributed by atoms with E-state index in [1.54, 1.807) is 4.90 Å². The van der Waals surface area contributed by atoms with Crippen molar-refractivity contribution in [2.75, 3.05) is 20.2 Å². The molecule has 1 saturated carbocycles. The Balaban J connectivity index is 2.72. The van der Waals surface area contributed by atoms with Crippen LogP contribution in [0.25, 0.3) is 0 Å². The molecule has 0 bridgehead atoms. The summed E-state index contributed by atoms with van der Waals surface area (Å²) in [6.45, 7) is 2.78. The molecule has 16 heavy (non-hydrogen) atoms. The molecule has 1 rings (SSSR count). The van der Waals surface area contributed by atoms with Gasteiger partial charge in [-0.2, -0.15) is 0 Å². The van der Waals surface area contributed by atoms with Crippen LogP contribution in [0.4, 0.5) is 4.79 Å². The van der Waals surface area contributed by atoms with Gasteiger partial charge in [-0.1, -0.05) is 25.7 Å². The molecule has 94 valence electrons. The smallest absolute Gasteiger partial charge is 0.409 e. The first kappa shape index (κ1) is 13.3. The van der Waals surface area contributed by atoms with Gasteiger partial charge in [-0.05, 0) is 19.8 Å². The predicted molar refractivity (Wildman–Crippen MR) is 64.3 cm³/mol. The number of amides is 1. The van der Waals surface area contributed by atoms with Crippen LogP contribution in [0.15, 0.2) is 0 Å². The zero-order valence-corrected chi connectivity index (χ0v) is 10.5. The Morgan fingerprint density at radius 3 is 2.31 bits per heavy atom. The minimum atomic E-state index is -0.241. The van der Waals surface area contributed by atoms with E-state index in [1.165, 1.54) is 12.8 Å². The molecule has 2 N–H and O–H groups in total. The van der Waals surface area contributed by atoms with Crippen LogP contribution in [-0.2, 0) is 4.74 Å². The molecule has 0 unspecified atom stereocenters. The summed E-state index contributed by atoms with van der Waals surface area (Å²) in [6, 6.07) is 0. The molecule has 0 heterocycles. The van der Waals surface area contributed by atoms with Crippen molar-refractivity contribution < 1.29 is 9.53 Å². The third-order valence-electron chi connectivity index (χ3n) is 3.67. The SMILES string of the molecule is CCOC(=O)N(C)C1(CN)CCCCCC1. The Kier molecular flexibility index (Phi) is 5.06. The molecule has 0 aromatic rings. The van der Waals surface area contributed by atoms with Crippen LogP contribution in [0.5, 0.6) is 0 Å². The van der Waals surface area contributed by atoms with Crippen LogP contribution >= 0.6 is 0 Å². The van der Waals surface area contributed by atoms with Gasteiger partial charge in [0.15, 0.2) is 0 Å². The van der Waals surface area contributed by atoms with E-state index in [4.69, 9.17) is 10.5 Å². The van der Waals surface area contributed by atoms with Crippen LogP contribution in [-0.4, -0.2) is 36.7 Å². The van der Waals surface area contributed by atoms with Gasteiger partial charge in [0.25, 0.3) is 0 Å². The van der Waals surface area contributed by atoms with E-state index in [0.29, 0.717) is 13.2 Å². The Hall–Kier alpha value is -0.770. The van der Waals surface area contributed by atoms with Gasteiger partial charge >= 0.3 is 6.09 Å². The van der Waals surface area contributed by atoms with Crippen molar-refractivity contribution >= 4 is 6.09 Å². The Morgan fingerprint density at radius 2 is 1.88 bits per heavy atom. The average Bonchev–Trinajstić information content (AvgIpc) is 2.54. The van der Waals surface area contributed by atoms with Crippen molar-refractivity contribution in [2.24, 2.45) is 5.73 Å². The molecule has 0 aromatic heterocycles. The first-order chi connectivity index (χ1) is 7.66. The van der Waals surface area contributed by atoms with E-state index >= 15 is 0 Å². The monoisotopic (exact) mass is 228 g/mol. The molecular formula is C12H24N2O2. The fraction of sp³-hybridized carbons (Fsp3) is 0.917. The molecule has 1 aliphatic carbocycles. The molecule has 0 saturated heterocycles. The van der Waals surface area contributed by atoms with Gasteiger partial charge in [0.05, 0.1) is 12.1 Å². The standard InChI is InChI=1S/C12H24N2O2/c1-3-16-11(15)14(2)12(10-13)8-6-4-5-7-9-12/h3-10,13H2,1-2H3. The number of rotatable bonds is 3. The number of hydrogen-bond acceptors (Lipinski definition) is 3. The van der Waals surface area contributed by atoms with E-state index in [1.807, 2.05) is 14.0 Å². The molecule has 4 nitrogen and oxygen atoms in total. The molecule has 1 fully saturated rings. The normalized spacial score (nSPS) is 19.9. The van der Waals surface area contributed by atoms with Crippen LogP contribution < -0.4 is 5.73 Å². The largest absolute Gasteiger partial charge is 0.450 e. The van der Waals surface area contributed by atoms with Gasteiger partial charge in [0, 0.05) is 13.6 Å². The minimum Gasteiger partial charge on any atom is -0.450 e. The van der Waals surface area contributed by atoms with E-state index in [0.717, 1.165) is 25.7 Å². The summed E-state index contributed by atoms with van der Waals surface area (Å²) in [5, 5.41) is 0. The Labute approximate surface area is 98.1 Å². The van der Waals surface area contributed by atoms with Gasteiger partial charge < -0.3 is 15.4 Å². The third-order valence-corrected chi connectivity index (χ3v) is 3.67. The summed E-state index contributed by atoms with van der Waals surface area (Å²) in [5.41, 5.74) is 5.72. The number of nitrogens with two attached hydrogens (primary N) is 1. The number of carbonyl (C=O) groups is 1. The van der Waals surface area contributed by atoms with Gasteiger partial charge in [-0.25, -0.2) is 4.79 Å². The average molecular weight is 228 g/mol. The number of likely N-dealkylation sites (N-methyl/N-ethyl adjacent to an activating group) is 1. The van der Waals surface area contributed by atoms with Crippen molar-refractivity contribution in [2.45, 2.75) is 51.0 Å². The quantitative estimate of drug-likeness (QED) is 0.753. The van der Waals surface area contributed by atoms with Gasteiger partial charge in [-0.3, -0.25) is 0 Å². The van der Waals surface area contributed by atoms with Crippen molar-refractivity contribution in [1.82, 2.24) is 4.90 Å². The highest BCUT2D eigenvalue weighted by molar-refractivity contribution is 5.68. The van der Waals surface area contributed by atoms with E-state index < -0.39 is 0 Å². The summed E-state index contributed by atoms with van der Waals surface area (Å²) in [6.07, 6.45) is 6.56. The number of nitrogens with zero attached hydrogens (tertiary/aromatic N) is 1. The predicted octanol–water partition coefficient (Wildman–Crippen LogP) is 2.13. The highest BCUT2D eigenvalue weighted by Gasteiger charge is 2.37. The molecule has 4 heteroatoms. The molecule has 0 aliphatic heterocycles. The molecule has 1 amide bonds. The summed E-state index contributed by atoms with van der Waals surface area (Å²) < 4.78 is 5.06. The van der Waals surface area contributed by atoms with E-state index in [2.05, 4.69) is 0 Å². The maximum atomic E-state index is 11.8. The van der Waals surface area contributed by atoms with Crippen LogP contribution in [0, 0.1) is 0 Å². The van der Waals surface area contributed by atoms with Crippen LogP contribution in [0.1, 0.15) is 45.4 Å². The van der Waals surface area contributed by atoms with E-state index in [9.17, 15) is 4.79 Å². The summed E-state index contributed by atoms with van der Waals surface area (Å²) in [5.74, 6) is 0. The molecule has 0 aromatic carbocycles. The molecular weight excluding hydrogens is 204 g/mol. The summed E-state index contributed by atoms with van der Waals surface area (Å²) >= 11 is 0. The number of ether oxygens (including phenoxy) is 1. The van der Waals surface area contributed by atoms with Gasteiger partial charge in [0.2, 0.25) is 0 Å². The first-order valence-corrected chi connectivity index (χ1v) is 6.27. The summed E-state index contributed by atoms with van der Waals surface area (Å²) in [4.78, 5) is 13.5. The lowest BCUT2D eigenvalue weighted by atomic mass is 9.89. The zero-order valence-electron chi connectivity index (χ0n) is 10.5. The lowest BCUT2D eigenvalue weighted by Crippen LogP contribution is -2.54. The maximum Gasteiger partial charge on any atom is 0.409 e. The fourth-order valence-corrected chi connectivity index (χ4v) is 2.48. The number of carbonyl (C=O) groups excluding carboxylic acids is 1. The van der Waals surface area contributed by atoms with E-state index in [-0.39, 0.29) is 11.6 Å². The van der Waals surface area contributed by atoms with Crippen molar-refractivity contribution in [1.29, 1.82) is 0 Å². The van der Waals surface area contributed by atoms with Crippen LogP contribution in [0.3, 0.4) is 0 Å². The molecule has 1 aliphatic rings. The molecule has 0 spiro atoms. The Morgan fingerprint density at radius 1 is 1.31 bits per heavy atom. The minimum absolute atomic E-state index is 0.178.